The maximum absolute atomic E-state index is 12.3. The number of hydrogen-bond acceptors (Lipinski definition) is 3. The number of piperidine rings is 1. The third-order valence-electron chi connectivity index (χ3n) is 7.82. The minimum absolute atomic E-state index is 0.107. The van der Waals surface area contributed by atoms with E-state index in [0.29, 0.717) is 12.3 Å². The highest BCUT2D eigenvalue weighted by Crippen LogP contribution is 2.39. The molecule has 0 radical (unpaired) electrons. The first-order valence-electron chi connectivity index (χ1n) is 12.8. The number of hydrogen-bond donors (Lipinski definition) is 0. The molecule has 1 fully saturated rings. The molecule has 0 unspecified atom stereocenters. The summed E-state index contributed by atoms with van der Waals surface area (Å²) >= 11 is 0. The molecule has 3 aromatic rings. The molecule has 0 atom stereocenters. The van der Waals surface area contributed by atoms with Gasteiger partial charge in [0.2, 0.25) is 0 Å². The lowest BCUT2D eigenvalue weighted by molar-refractivity contribution is -0.166. The molecule has 34 heavy (non-hydrogen) atoms. The first-order valence-corrected chi connectivity index (χ1v) is 12.8. The van der Waals surface area contributed by atoms with Crippen molar-refractivity contribution in [2.75, 3.05) is 19.6 Å². The lowest BCUT2D eigenvalue weighted by Gasteiger charge is -2.42. The van der Waals surface area contributed by atoms with Crippen LogP contribution < -0.4 is 0 Å². The molecular weight excluding hydrogens is 418 g/mol. The van der Waals surface area contributed by atoms with Crippen molar-refractivity contribution in [3.63, 3.8) is 0 Å². The van der Waals surface area contributed by atoms with E-state index in [1.807, 2.05) is 25.1 Å². The highest BCUT2D eigenvalue weighted by molar-refractivity contribution is 5.69. The summed E-state index contributed by atoms with van der Waals surface area (Å²) in [7, 11) is 0. The second-order valence-electron chi connectivity index (χ2n) is 9.77. The van der Waals surface area contributed by atoms with Crippen molar-refractivity contribution in [1.29, 1.82) is 0 Å². The van der Waals surface area contributed by atoms with Gasteiger partial charge in [-0.1, -0.05) is 85.8 Å². The summed E-state index contributed by atoms with van der Waals surface area (Å²) in [4.78, 5) is 14.9. The summed E-state index contributed by atoms with van der Waals surface area (Å²) in [6.45, 7) is 4.82. The molecular formula is C31H35NO2. The van der Waals surface area contributed by atoms with E-state index < -0.39 is 5.60 Å². The van der Waals surface area contributed by atoms with Gasteiger partial charge in [0.15, 0.2) is 0 Å². The summed E-state index contributed by atoms with van der Waals surface area (Å²) in [5.41, 5.74) is 6.63. The number of rotatable bonds is 6. The smallest absolute Gasteiger partial charge is 0.306 e. The SMILES string of the molecule is CCC(=O)OC1(c2ccccc2)CCN(CCC2c3ccccc3CCc3ccccc32)CC1. The highest BCUT2D eigenvalue weighted by Gasteiger charge is 2.39. The fourth-order valence-electron chi connectivity index (χ4n) is 5.88. The largest absolute Gasteiger partial charge is 0.454 e. The predicted octanol–water partition coefficient (Wildman–Crippen LogP) is 6.25. The molecule has 1 saturated heterocycles. The summed E-state index contributed by atoms with van der Waals surface area (Å²) in [5, 5.41) is 0. The van der Waals surface area contributed by atoms with Gasteiger partial charge < -0.3 is 9.64 Å². The van der Waals surface area contributed by atoms with Gasteiger partial charge in [-0.05, 0) is 53.6 Å². The molecule has 0 aromatic heterocycles. The Labute approximate surface area is 203 Å². The Kier molecular flexibility index (Phi) is 6.82. The number of carbonyl (C=O) groups is 1. The van der Waals surface area contributed by atoms with E-state index in [-0.39, 0.29) is 5.97 Å². The summed E-state index contributed by atoms with van der Waals surface area (Å²) in [6, 6.07) is 28.4. The van der Waals surface area contributed by atoms with E-state index in [2.05, 4.69) is 65.6 Å². The number of ether oxygens (including phenoxy) is 1. The van der Waals surface area contributed by atoms with Crippen LogP contribution in [0.3, 0.4) is 0 Å². The molecule has 3 heteroatoms. The van der Waals surface area contributed by atoms with Crippen LogP contribution >= 0.6 is 0 Å². The van der Waals surface area contributed by atoms with E-state index >= 15 is 0 Å². The van der Waals surface area contributed by atoms with Crippen LogP contribution in [0.4, 0.5) is 0 Å². The predicted molar refractivity (Wildman–Crippen MR) is 137 cm³/mol. The van der Waals surface area contributed by atoms with Crippen LogP contribution in [-0.4, -0.2) is 30.5 Å². The summed E-state index contributed by atoms with van der Waals surface area (Å²) < 4.78 is 6.10. The zero-order valence-corrected chi connectivity index (χ0v) is 20.2. The second kappa shape index (κ2) is 10.1. The van der Waals surface area contributed by atoms with Gasteiger partial charge in [0.05, 0.1) is 0 Å². The number of fused-ring (bicyclic) bond motifs is 2. The molecule has 1 aliphatic carbocycles. The van der Waals surface area contributed by atoms with Crippen molar-refractivity contribution in [2.24, 2.45) is 0 Å². The number of nitrogens with zero attached hydrogens (tertiary/aromatic N) is 1. The monoisotopic (exact) mass is 453 g/mol. The van der Waals surface area contributed by atoms with Gasteiger partial charge in [0.25, 0.3) is 0 Å². The molecule has 3 nitrogen and oxygen atoms in total. The normalized spacial score (nSPS) is 17.9. The van der Waals surface area contributed by atoms with Crippen LogP contribution in [0.15, 0.2) is 78.9 Å². The average molecular weight is 454 g/mol. The number of aryl methyl sites for hydroxylation is 2. The van der Waals surface area contributed by atoms with Gasteiger partial charge in [-0.2, -0.15) is 0 Å². The van der Waals surface area contributed by atoms with Crippen LogP contribution in [0.5, 0.6) is 0 Å². The zero-order chi connectivity index (χ0) is 23.4. The van der Waals surface area contributed by atoms with E-state index in [4.69, 9.17) is 4.74 Å². The van der Waals surface area contributed by atoms with Gasteiger partial charge in [0.1, 0.15) is 5.60 Å². The lowest BCUT2D eigenvalue weighted by atomic mass is 9.83. The number of esters is 1. The first-order chi connectivity index (χ1) is 16.7. The molecule has 0 N–H and O–H groups in total. The second-order valence-corrected chi connectivity index (χ2v) is 9.77. The summed E-state index contributed by atoms with van der Waals surface area (Å²) in [5.74, 6) is 0.331. The van der Waals surface area contributed by atoms with Crippen molar-refractivity contribution in [1.82, 2.24) is 4.90 Å². The Morgan fingerprint density at radius 1 is 0.853 bits per heavy atom. The molecule has 0 spiro atoms. The van der Waals surface area contributed by atoms with Crippen molar-refractivity contribution >= 4 is 5.97 Å². The minimum Gasteiger partial charge on any atom is -0.454 e. The van der Waals surface area contributed by atoms with Gasteiger partial charge in [-0.15, -0.1) is 0 Å². The van der Waals surface area contributed by atoms with E-state index in [0.717, 1.165) is 57.3 Å². The maximum Gasteiger partial charge on any atom is 0.306 e. The number of likely N-dealkylation sites (tertiary alicyclic amines) is 1. The first kappa shape index (κ1) is 22.9. The van der Waals surface area contributed by atoms with E-state index in [1.165, 1.54) is 22.3 Å². The minimum atomic E-state index is -0.494. The topological polar surface area (TPSA) is 29.5 Å². The van der Waals surface area contributed by atoms with Crippen molar-refractivity contribution in [3.8, 4) is 0 Å². The summed E-state index contributed by atoms with van der Waals surface area (Å²) in [6.07, 6.45) is 5.46. The Morgan fingerprint density at radius 2 is 1.41 bits per heavy atom. The third-order valence-corrected chi connectivity index (χ3v) is 7.82. The maximum atomic E-state index is 12.3. The van der Waals surface area contributed by atoms with Gasteiger partial charge in [-0.3, -0.25) is 4.79 Å². The third kappa shape index (κ3) is 4.67. The highest BCUT2D eigenvalue weighted by atomic mass is 16.6. The van der Waals surface area contributed by atoms with E-state index in [1.54, 1.807) is 0 Å². The van der Waals surface area contributed by atoms with Crippen LogP contribution in [0.1, 0.15) is 66.3 Å². The molecule has 0 amide bonds. The zero-order valence-electron chi connectivity index (χ0n) is 20.2. The van der Waals surface area contributed by atoms with E-state index in [9.17, 15) is 4.79 Å². The quantitative estimate of drug-likeness (QED) is 0.413. The molecule has 176 valence electrons. The molecule has 1 aliphatic heterocycles. The molecule has 5 rings (SSSR count). The molecule has 2 aliphatic rings. The lowest BCUT2D eigenvalue weighted by Crippen LogP contribution is -2.45. The van der Waals surface area contributed by atoms with Crippen LogP contribution in [-0.2, 0) is 28.0 Å². The van der Waals surface area contributed by atoms with Crippen LogP contribution in [0.2, 0.25) is 0 Å². The Hall–Kier alpha value is -2.91. The standard InChI is InChI=1S/C31H35NO2/c1-2-30(33)34-31(26-12-4-3-5-13-26)19-22-32(23-20-31)21-18-29-27-14-8-6-10-24(27)16-17-25-11-7-9-15-28(25)29/h3-15,29H,2,16-23H2,1H3. The van der Waals surface area contributed by atoms with Crippen molar-refractivity contribution in [3.05, 3.63) is 107 Å². The number of carbonyl (C=O) groups excluding carboxylic acids is 1. The fraction of sp³-hybridized carbons (Fsp3) is 0.387. The van der Waals surface area contributed by atoms with Crippen LogP contribution in [0.25, 0.3) is 0 Å². The van der Waals surface area contributed by atoms with Gasteiger partial charge in [-0.25, -0.2) is 0 Å². The molecule has 3 aromatic carbocycles. The van der Waals surface area contributed by atoms with Crippen LogP contribution in [0, 0.1) is 0 Å². The van der Waals surface area contributed by atoms with Gasteiger partial charge in [0, 0.05) is 38.3 Å². The Bertz CT molecular complexity index is 1070. The average Bonchev–Trinajstić information content (AvgIpc) is 3.05. The van der Waals surface area contributed by atoms with Gasteiger partial charge >= 0.3 is 5.97 Å². The Morgan fingerprint density at radius 3 is 2.00 bits per heavy atom. The Balaban J connectivity index is 1.31. The van der Waals surface area contributed by atoms with Crippen molar-refractivity contribution in [2.45, 2.75) is 57.0 Å². The molecule has 1 heterocycles. The molecule has 0 bridgehead atoms. The number of benzene rings is 3. The van der Waals surface area contributed by atoms with Crippen molar-refractivity contribution < 1.29 is 9.53 Å². The fourth-order valence-corrected chi connectivity index (χ4v) is 5.88. The molecule has 0 saturated carbocycles.